The second-order valence-electron chi connectivity index (χ2n) is 6.05. The van der Waals surface area contributed by atoms with Gasteiger partial charge < -0.3 is 11.1 Å². The van der Waals surface area contributed by atoms with Crippen LogP contribution < -0.4 is 11.1 Å². The van der Waals surface area contributed by atoms with Gasteiger partial charge in [-0.25, -0.2) is 0 Å². The molecule has 0 bridgehead atoms. The van der Waals surface area contributed by atoms with E-state index >= 15 is 0 Å². The van der Waals surface area contributed by atoms with Gasteiger partial charge in [0.1, 0.15) is 0 Å². The minimum Gasteiger partial charge on any atom is -0.354 e. The molecule has 4 heteroatoms. The van der Waals surface area contributed by atoms with Gasteiger partial charge >= 0.3 is 0 Å². The molecule has 3 N–H and O–H groups in total. The summed E-state index contributed by atoms with van der Waals surface area (Å²) in [6, 6.07) is 1.14. The lowest BCUT2D eigenvalue weighted by Crippen LogP contribution is -2.44. The molecule has 1 aliphatic rings. The lowest BCUT2D eigenvalue weighted by Gasteiger charge is -2.25. The Labute approximate surface area is 111 Å². The van der Waals surface area contributed by atoms with E-state index in [0.717, 1.165) is 19.0 Å². The Morgan fingerprint density at radius 1 is 1.39 bits per heavy atom. The van der Waals surface area contributed by atoms with Crippen LogP contribution in [0.1, 0.15) is 40.0 Å². The Hall–Kier alpha value is -0.610. The maximum atomic E-state index is 12.0. The molecule has 0 aliphatic heterocycles. The summed E-state index contributed by atoms with van der Waals surface area (Å²) >= 11 is 0. The molecule has 0 aromatic heterocycles. The maximum absolute atomic E-state index is 12.0. The average molecular weight is 255 g/mol. The smallest absolute Gasteiger partial charge is 0.224 e. The van der Waals surface area contributed by atoms with E-state index in [1.807, 2.05) is 0 Å². The van der Waals surface area contributed by atoms with Crippen molar-refractivity contribution in [1.29, 1.82) is 0 Å². The van der Waals surface area contributed by atoms with Crippen LogP contribution in [0, 0.1) is 11.8 Å². The first kappa shape index (κ1) is 15.4. The molecule has 1 fully saturated rings. The third-order valence-corrected chi connectivity index (χ3v) is 3.80. The Morgan fingerprint density at radius 2 is 2.00 bits per heavy atom. The molecule has 0 spiro atoms. The second-order valence-corrected chi connectivity index (χ2v) is 6.05. The number of nitrogens with two attached hydrogens (primary N) is 1. The summed E-state index contributed by atoms with van der Waals surface area (Å²) in [6.45, 7) is 7.58. The van der Waals surface area contributed by atoms with Gasteiger partial charge in [-0.05, 0) is 39.2 Å². The van der Waals surface area contributed by atoms with Crippen molar-refractivity contribution in [2.45, 2.75) is 52.1 Å². The Bertz CT molecular complexity index is 264. The number of carbonyl (C=O) groups excluding carboxylic acids is 1. The topological polar surface area (TPSA) is 58.4 Å². The molecule has 1 rings (SSSR count). The second kappa shape index (κ2) is 7.10. The van der Waals surface area contributed by atoms with Gasteiger partial charge in [-0.3, -0.25) is 9.69 Å². The molecule has 1 amide bonds. The van der Waals surface area contributed by atoms with Crippen LogP contribution in [0.2, 0.25) is 0 Å². The van der Waals surface area contributed by atoms with Gasteiger partial charge in [0.05, 0.1) is 5.92 Å². The van der Waals surface area contributed by atoms with E-state index in [9.17, 15) is 4.79 Å². The predicted octanol–water partition coefficient (Wildman–Crippen LogP) is 1.21. The minimum absolute atomic E-state index is 0.0385. The maximum Gasteiger partial charge on any atom is 0.224 e. The van der Waals surface area contributed by atoms with Crippen LogP contribution >= 0.6 is 0 Å². The van der Waals surface area contributed by atoms with Crippen molar-refractivity contribution in [3.05, 3.63) is 0 Å². The third-order valence-electron chi connectivity index (χ3n) is 3.80. The summed E-state index contributed by atoms with van der Waals surface area (Å²) in [5.41, 5.74) is 5.68. The Morgan fingerprint density at radius 3 is 2.44 bits per heavy atom. The number of hydrogen-bond acceptors (Lipinski definition) is 3. The molecule has 0 aromatic rings. The summed E-state index contributed by atoms with van der Waals surface area (Å²) < 4.78 is 0. The summed E-state index contributed by atoms with van der Waals surface area (Å²) in [5.74, 6) is 0.585. The monoisotopic (exact) mass is 255 g/mol. The molecule has 0 heterocycles. The van der Waals surface area contributed by atoms with Crippen molar-refractivity contribution in [3.8, 4) is 0 Å². The van der Waals surface area contributed by atoms with Crippen LogP contribution in [0.15, 0.2) is 0 Å². The van der Waals surface area contributed by atoms with Crippen LogP contribution in [-0.4, -0.2) is 43.0 Å². The van der Waals surface area contributed by atoms with Crippen molar-refractivity contribution in [1.82, 2.24) is 10.2 Å². The molecule has 4 nitrogen and oxygen atoms in total. The van der Waals surface area contributed by atoms with Gasteiger partial charge in [0.15, 0.2) is 0 Å². The van der Waals surface area contributed by atoms with Crippen molar-refractivity contribution < 1.29 is 4.79 Å². The van der Waals surface area contributed by atoms with E-state index in [2.05, 4.69) is 38.0 Å². The number of rotatable bonds is 8. The molecule has 0 aromatic carbocycles. The molecule has 0 radical (unpaired) electrons. The number of carbonyl (C=O) groups is 1. The fourth-order valence-corrected chi connectivity index (χ4v) is 2.26. The quantitative estimate of drug-likeness (QED) is 0.685. The lowest BCUT2D eigenvalue weighted by molar-refractivity contribution is -0.125. The highest BCUT2D eigenvalue weighted by atomic mass is 16.1. The van der Waals surface area contributed by atoms with Gasteiger partial charge in [-0.1, -0.05) is 13.8 Å². The normalized spacial score (nSPS) is 19.1. The highest BCUT2D eigenvalue weighted by Crippen LogP contribution is 2.26. The highest BCUT2D eigenvalue weighted by molar-refractivity contribution is 5.78. The highest BCUT2D eigenvalue weighted by Gasteiger charge is 2.29. The number of hydrogen-bond donors (Lipinski definition) is 2. The number of nitrogens with one attached hydrogen (secondary N) is 1. The minimum atomic E-state index is -0.0385. The molecule has 2 atom stereocenters. The molecular formula is C14H29N3O. The first-order chi connectivity index (χ1) is 8.45. The zero-order chi connectivity index (χ0) is 13.7. The van der Waals surface area contributed by atoms with Crippen molar-refractivity contribution in [2.75, 3.05) is 20.1 Å². The van der Waals surface area contributed by atoms with E-state index in [0.29, 0.717) is 18.5 Å². The number of likely N-dealkylation sites (N-methyl/N-ethyl adjacent to an activating group) is 1. The third kappa shape index (κ3) is 4.94. The first-order valence-corrected chi connectivity index (χ1v) is 7.15. The molecule has 0 saturated heterocycles. The van der Waals surface area contributed by atoms with Gasteiger partial charge in [0.25, 0.3) is 0 Å². The molecule has 106 valence electrons. The molecular weight excluding hydrogens is 226 g/mol. The lowest BCUT2D eigenvalue weighted by atomic mass is 9.96. The summed E-state index contributed by atoms with van der Waals surface area (Å²) in [7, 11) is 2.14. The van der Waals surface area contributed by atoms with Gasteiger partial charge in [-0.15, -0.1) is 0 Å². The van der Waals surface area contributed by atoms with Crippen LogP contribution in [0.4, 0.5) is 0 Å². The van der Waals surface area contributed by atoms with Gasteiger partial charge in [0.2, 0.25) is 5.91 Å². The summed E-state index contributed by atoms with van der Waals surface area (Å²) in [4.78, 5) is 14.4. The summed E-state index contributed by atoms with van der Waals surface area (Å²) in [6.07, 6.45) is 3.47. The van der Waals surface area contributed by atoms with Crippen LogP contribution in [0.25, 0.3) is 0 Å². The van der Waals surface area contributed by atoms with E-state index in [4.69, 9.17) is 5.73 Å². The fourth-order valence-electron chi connectivity index (χ4n) is 2.26. The standard InChI is InChI=1S/C14H29N3O/c1-10(2)7-12(8-15)14(18)16-9-11(3)17(4)13-5-6-13/h10-13H,5-9,15H2,1-4H3,(H,16,18). The Kier molecular flexibility index (Phi) is 6.09. The van der Waals surface area contributed by atoms with Crippen LogP contribution in [-0.2, 0) is 4.79 Å². The van der Waals surface area contributed by atoms with Crippen molar-refractivity contribution in [2.24, 2.45) is 17.6 Å². The fraction of sp³-hybridized carbons (Fsp3) is 0.929. The van der Waals surface area contributed by atoms with Crippen LogP contribution in [0.5, 0.6) is 0 Å². The Balaban J connectivity index is 2.29. The molecule has 2 unspecified atom stereocenters. The SMILES string of the molecule is CC(C)CC(CN)C(=O)NCC(C)N(C)C1CC1. The van der Waals surface area contributed by atoms with Crippen molar-refractivity contribution in [3.63, 3.8) is 0 Å². The van der Waals surface area contributed by atoms with Gasteiger partial charge in [0, 0.05) is 25.2 Å². The molecule has 1 saturated carbocycles. The van der Waals surface area contributed by atoms with Crippen molar-refractivity contribution >= 4 is 5.91 Å². The van der Waals surface area contributed by atoms with E-state index in [1.165, 1.54) is 12.8 Å². The van der Waals surface area contributed by atoms with Gasteiger partial charge in [-0.2, -0.15) is 0 Å². The molecule has 1 aliphatic carbocycles. The number of amides is 1. The van der Waals surface area contributed by atoms with E-state index < -0.39 is 0 Å². The van der Waals surface area contributed by atoms with E-state index in [1.54, 1.807) is 0 Å². The zero-order valence-electron chi connectivity index (χ0n) is 12.3. The number of nitrogens with zero attached hydrogens (tertiary/aromatic N) is 1. The predicted molar refractivity (Wildman–Crippen MR) is 75.3 cm³/mol. The zero-order valence-corrected chi connectivity index (χ0v) is 12.3. The largest absolute Gasteiger partial charge is 0.354 e. The van der Waals surface area contributed by atoms with Crippen LogP contribution in [0.3, 0.4) is 0 Å². The first-order valence-electron chi connectivity index (χ1n) is 7.15. The molecule has 18 heavy (non-hydrogen) atoms. The average Bonchev–Trinajstić information content (AvgIpc) is 3.15. The van der Waals surface area contributed by atoms with E-state index in [-0.39, 0.29) is 11.8 Å². The summed E-state index contributed by atoms with van der Waals surface area (Å²) in [5, 5.41) is 3.04.